The molecule has 1 aliphatic heterocycles. The molecule has 0 amide bonds. The summed E-state index contributed by atoms with van der Waals surface area (Å²) in [5.74, 6) is 0.674. The Balaban J connectivity index is 1.83. The van der Waals surface area contributed by atoms with Gasteiger partial charge >= 0.3 is 5.84 Å². The Morgan fingerprint density at radius 1 is 1.08 bits per heavy atom. The molecular weight excluding hydrogens is 360 g/mol. The summed E-state index contributed by atoms with van der Waals surface area (Å²) in [6.45, 7) is 0. The number of nitro groups is 1. The van der Waals surface area contributed by atoms with Crippen molar-refractivity contribution in [2.75, 3.05) is 5.01 Å². The SMILES string of the molecule is O=[N+]([O-])C1=NN(c2ccc(Cl)cc2)[C@H](c2ccco2)N[C@@H]1c1ccco1. The number of rotatable bonds is 3. The van der Waals surface area contributed by atoms with Gasteiger partial charge in [0.2, 0.25) is 0 Å². The lowest BCUT2D eigenvalue weighted by Crippen LogP contribution is -2.47. The van der Waals surface area contributed by atoms with Gasteiger partial charge in [0, 0.05) is 5.02 Å². The molecule has 0 saturated carbocycles. The van der Waals surface area contributed by atoms with Crippen LogP contribution >= 0.6 is 11.6 Å². The van der Waals surface area contributed by atoms with Crippen molar-refractivity contribution in [1.82, 2.24) is 5.32 Å². The van der Waals surface area contributed by atoms with E-state index in [4.69, 9.17) is 20.4 Å². The number of hydrogen-bond donors (Lipinski definition) is 1. The third-order valence-electron chi connectivity index (χ3n) is 3.96. The van der Waals surface area contributed by atoms with Crippen LogP contribution in [-0.4, -0.2) is 10.8 Å². The number of anilines is 1. The quantitative estimate of drug-likeness (QED) is 0.552. The zero-order valence-electron chi connectivity index (χ0n) is 13.3. The molecule has 8 nitrogen and oxygen atoms in total. The van der Waals surface area contributed by atoms with Crippen LogP contribution in [0, 0.1) is 10.1 Å². The highest BCUT2D eigenvalue weighted by atomic mass is 35.5. The second-order valence-electron chi connectivity index (χ2n) is 5.57. The topological polar surface area (TPSA) is 97.0 Å². The van der Waals surface area contributed by atoms with Crippen molar-refractivity contribution in [3.63, 3.8) is 0 Å². The molecule has 0 spiro atoms. The lowest BCUT2D eigenvalue weighted by atomic mass is 10.1. The molecule has 0 saturated heterocycles. The molecule has 2 atom stereocenters. The Morgan fingerprint density at radius 3 is 2.31 bits per heavy atom. The molecule has 0 fully saturated rings. The van der Waals surface area contributed by atoms with Gasteiger partial charge in [-0.2, -0.15) is 0 Å². The van der Waals surface area contributed by atoms with Crippen LogP contribution in [0.1, 0.15) is 23.7 Å². The van der Waals surface area contributed by atoms with E-state index in [-0.39, 0.29) is 5.84 Å². The molecule has 0 radical (unpaired) electrons. The van der Waals surface area contributed by atoms with Crippen molar-refractivity contribution in [2.45, 2.75) is 12.2 Å². The zero-order chi connectivity index (χ0) is 18.1. The lowest BCUT2D eigenvalue weighted by molar-refractivity contribution is -0.356. The molecule has 4 rings (SSSR count). The second-order valence-corrected chi connectivity index (χ2v) is 6.01. The number of hydrazone groups is 1. The van der Waals surface area contributed by atoms with Crippen LogP contribution in [0.4, 0.5) is 5.69 Å². The van der Waals surface area contributed by atoms with Crippen LogP contribution in [0.25, 0.3) is 0 Å². The van der Waals surface area contributed by atoms with Gasteiger partial charge in [0.25, 0.3) is 0 Å². The summed E-state index contributed by atoms with van der Waals surface area (Å²) >= 11 is 5.95. The lowest BCUT2D eigenvalue weighted by Gasteiger charge is -2.30. The Bertz CT molecular complexity index is 922. The highest BCUT2D eigenvalue weighted by molar-refractivity contribution is 6.30. The molecule has 3 heterocycles. The first kappa shape index (κ1) is 16.4. The number of nitrogens with zero attached hydrogens (tertiary/aromatic N) is 3. The van der Waals surface area contributed by atoms with E-state index in [0.29, 0.717) is 22.2 Å². The Kier molecular flexibility index (Phi) is 4.19. The maximum Gasteiger partial charge on any atom is 0.389 e. The molecule has 2 aromatic heterocycles. The van der Waals surface area contributed by atoms with E-state index < -0.39 is 17.1 Å². The molecule has 0 bridgehead atoms. The molecule has 1 aliphatic rings. The average molecular weight is 373 g/mol. The van der Waals surface area contributed by atoms with Crippen molar-refractivity contribution in [3.8, 4) is 0 Å². The van der Waals surface area contributed by atoms with Gasteiger partial charge in [-0.05, 0) is 53.5 Å². The number of benzene rings is 1. The fraction of sp³-hybridized carbons (Fsp3) is 0.118. The Hall–Kier alpha value is -3.10. The van der Waals surface area contributed by atoms with Gasteiger partial charge in [0.15, 0.2) is 12.2 Å². The maximum atomic E-state index is 11.6. The van der Waals surface area contributed by atoms with Gasteiger partial charge in [-0.15, -0.1) is 5.01 Å². The van der Waals surface area contributed by atoms with Crippen LogP contribution in [-0.2, 0) is 0 Å². The summed E-state index contributed by atoms with van der Waals surface area (Å²) in [7, 11) is 0. The van der Waals surface area contributed by atoms with Crippen molar-refractivity contribution in [3.05, 3.63) is 87.7 Å². The van der Waals surface area contributed by atoms with Gasteiger partial charge < -0.3 is 18.9 Å². The molecule has 9 heteroatoms. The van der Waals surface area contributed by atoms with Crippen LogP contribution in [0.5, 0.6) is 0 Å². The van der Waals surface area contributed by atoms with Crippen molar-refractivity contribution in [2.24, 2.45) is 5.10 Å². The minimum atomic E-state index is -0.821. The van der Waals surface area contributed by atoms with Crippen LogP contribution in [0.2, 0.25) is 5.02 Å². The third kappa shape index (κ3) is 2.96. The largest absolute Gasteiger partial charge is 0.467 e. The maximum absolute atomic E-state index is 11.6. The smallest absolute Gasteiger partial charge is 0.389 e. The van der Waals surface area contributed by atoms with Crippen molar-refractivity contribution >= 4 is 23.1 Å². The molecular formula is C17H13ClN4O4. The number of hydrogen-bond acceptors (Lipinski definition) is 7. The Labute approximate surface area is 152 Å². The summed E-state index contributed by atoms with van der Waals surface area (Å²) < 4.78 is 10.9. The molecule has 0 aliphatic carbocycles. The number of amidine groups is 1. The van der Waals surface area contributed by atoms with Gasteiger partial charge in [-0.3, -0.25) is 5.32 Å². The van der Waals surface area contributed by atoms with E-state index in [0.717, 1.165) is 0 Å². The molecule has 1 N–H and O–H groups in total. The molecule has 132 valence electrons. The predicted molar refractivity (Wildman–Crippen MR) is 94.4 cm³/mol. The first-order valence-corrected chi connectivity index (χ1v) is 8.12. The number of nitrogens with one attached hydrogen (secondary N) is 1. The minimum Gasteiger partial charge on any atom is -0.467 e. The Morgan fingerprint density at radius 2 is 1.73 bits per heavy atom. The van der Waals surface area contributed by atoms with Crippen LogP contribution < -0.4 is 10.3 Å². The van der Waals surface area contributed by atoms with E-state index in [1.54, 1.807) is 48.5 Å². The van der Waals surface area contributed by atoms with E-state index in [9.17, 15) is 10.1 Å². The molecule has 1 aromatic carbocycles. The van der Waals surface area contributed by atoms with Gasteiger partial charge in [0.1, 0.15) is 11.5 Å². The standard InChI is InChI=1S/C17H13ClN4O4/c18-11-5-7-12(8-6-11)21-16(14-4-2-10-26-14)19-15(13-3-1-9-25-13)17(20-21)22(23)24/h1-10,15-16,19H/t15-,16-/m1/s1. The van der Waals surface area contributed by atoms with E-state index in [1.807, 2.05) is 0 Å². The normalized spacial score (nSPS) is 20.0. The first-order valence-electron chi connectivity index (χ1n) is 7.74. The fourth-order valence-corrected chi connectivity index (χ4v) is 2.91. The third-order valence-corrected chi connectivity index (χ3v) is 4.21. The van der Waals surface area contributed by atoms with Gasteiger partial charge in [-0.25, -0.2) is 0 Å². The zero-order valence-corrected chi connectivity index (χ0v) is 14.0. The summed E-state index contributed by atoms with van der Waals surface area (Å²) in [6, 6.07) is 12.9. The van der Waals surface area contributed by atoms with E-state index in [1.165, 1.54) is 17.5 Å². The summed E-state index contributed by atoms with van der Waals surface area (Å²) in [5, 5.41) is 21.1. The fourth-order valence-electron chi connectivity index (χ4n) is 2.79. The first-order chi connectivity index (χ1) is 12.6. The number of halogens is 1. The summed E-state index contributed by atoms with van der Waals surface area (Å²) in [5.41, 5.74) is 0.626. The highest BCUT2D eigenvalue weighted by Gasteiger charge is 2.43. The van der Waals surface area contributed by atoms with Crippen molar-refractivity contribution < 1.29 is 13.8 Å². The summed E-state index contributed by atoms with van der Waals surface area (Å²) in [6.07, 6.45) is 2.43. The second kappa shape index (κ2) is 6.66. The minimum absolute atomic E-state index is 0.280. The number of furan rings is 2. The van der Waals surface area contributed by atoms with Crippen LogP contribution in [0.15, 0.2) is 75.0 Å². The van der Waals surface area contributed by atoms with E-state index >= 15 is 0 Å². The average Bonchev–Trinajstić information content (AvgIpc) is 3.35. The van der Waals surface area contributed by atoms with E-state index in [2.05, 4.69) is 10.4 Å². The van der Waals surface area contributed by atoms with Gasteiger partial charge in [-0.1, -0.05) is 11.6 Å². The molecule has 0 unspecified atom stereocenters. The molecule has 3 aromatic rings. The molecule has 26 heavy (non-hydrogen) atoms. The van der Waals surface area contributed by atoms with Crippen molar-refractivity contribution in [1.29, 1.82) is 0 Å². The van der Waals surface area contributed by atoms with Gasteiger partial charge in [0.05, 0.1) is 23.3 Å². The van der Waals surface area contributed by atoms with Crippen LogP contribution in [0.3, 0.4) is 0 Å². The summed E-state index contributed by atoms with van der Waals surface area (Å²) in [4.78, 5) is 11.1. The monoisotopic (exact) mass is 372 g/mol. The predicted octanol–water partition coefficient (Wildman–Crippen LogP) is 3.97. The highest BCUT2D eigenvalue weighted by Crippen LogP contribution is 2.34.